The maximum absolute atomic E-state index is 13.3. The summed E-state index contributed by atoms with van der Waals surface area (Å²) in [5.41, 5.74) is 1.45. The average Bonchev–Trinajstić information content (AvgIpc) is 2.78. The third kappa shape index (κ3) is 4.21. The van der Waals surface area contributed by atoms with E-state index >= 15 is 0 Å². The Kier molecular flexibility index (Phi) is 5.97. The lowest BCUT2D eigenvalue weighted by atomic mass is 10.1. The number of hydrogen-bond acceptors (Lipinski definition) is 6. The predicted molar refractivity (Wildman–Crippen MR) is 113 cm³/mol. The van der Waals surface area contributed by atoms with Gasteiger partial charge >= 0.3 is 5.97 Å². The molecule has 1 aromatic heterocycles. The van der Waals surface area contributed by atoms with Crippen molar-refractivity contribution >= 4 is 28.6 Å². The Bertz CT molecular complexity index is 1080. The molecular weight excluding hydrogens is 388 g/mol. The molecule has 29 heavy (non-hydrogen) atoms. The lowest BCUT2D eigenvalue weighted by molar-refractivity contribution is 0.0315. The van der Waals surface area contributed by atoms with Crippen LogP contribution >= 0.6 is 11.8 Å². The lowest BCUT2D eigenvalue weighted by Crippen LogP contribution is -2.24. The van der Waals surface area contributed by atoms with Crippen LogP contribution in [0.3, 0.4) is 0 Å². The van der Waals surface area contributed by atoms with Gasteiger partial charge in [0.15, 0.2) is 5.16 Å². The van der Waals surface area contributed by atoms with E-state index in [1.807, 2.05) is 30.3 Å². The van der Waals surface area contributed by atoms with E-state index in [9.17, 15) is 9.59 Å². The molecule has 1 saturated heterocycles. The fraction of sp³-hybridized carbons (Fsp3) is 0.318. The van der Waals surface area contributed by atoms with E-state index in [0.717, 1.165) is 37.3 Å². The van der Waals surface area contributed by atoms with Crippen LogP contribution in [-0.2, 0) is 9.47 Å². The molecule has 1 fully saturated rings. The van der Waals surface area contributed by atoms with Gasteiger partial charge in [0.2, 0.25) is 0 Å². The summed E-state index contributed by atoms with van der Waals surface area (Å²) in [7, 11) is 1.33. The van der Waals surface area contributed by atoms with E-state index in [1.54, 1.807) is 22.8 Å². The Morgan fingerprint density at radius 1 is 1.24 bits per heavy atom. The topological polar surface area (TPSA) is 70.4 Å². The van der Waals surface area contributed by atoms with Gasteiger partial charge < -0.3 is 9.47 Å². The second-order valence-electron chi connectivity index (χ2n) is 6.89. The highest BCUT2D eigenvalue weighted by Gasteiger charge is 2.19. The van der Waals surface area contributed by atoms with E-state index < -0.39 is 5.97 Å². The van der Waals surface area contributed by atoms with Crippen LogP contribution in [0.25, 0.3) is 16.6 Å². The minimum absolute atomic E-state index is 0.159. The van der Waals surface area contributed by atoms with Gasteiger partial charge in [-0.15, -0.1) is 0 Å². The molecule has 7 heteroatoms. The molecule has 0 aliphatic carbocycles. The molecule has 4 rings (SSSR count). The van der Waals surface area contributed by atoms with Gasteiger partial charge in [-0.25, -0.2) is 9.78 Å². The molecule has 1 aliphatic heterocycles. The number of carbonyl (C=O) groups excluding carboxylic acids is 1. The summed E-state index contributed by atoms with van der Waals surface area (Å²) in [5, 5.41) is 1.05. The Hall–Kier alpha value is -2.64. The van der Waals surface area contributed by atoms with Crippen molar-refractivity contribution in [1.29, 1.82) is 0 Å². The molecular formula is C22H22N2O4S. The number of rotatable bonds is 5. The summed E-state index contributed by atoms with van der Waals surface area (Å²) >= 11 is 1.51. The Balaban J connectivity index is 1.80. The van der Waals surface area contributed by atoms with Gasteiger partial charge in [-0.2, -0.15) is 0 Å². The van der Waals surface area contributed by atoms with Gasteiger partial charge in [0.25, 0.3) is 5.56 Å². The predicted octanol–water partition coefficient (Wildman–Crippen LogP) is 3.83. The number of aromatic nitrogens is 2. The van der Waals surface area contributed by atoms with Crippen molar-refractivity contribution < 1.29 is 14.3 Å². The highest BCUT2D eigenvalue weighted by Crippen LogP contribution is 2.25. The molecule has 1 atom stereocenters. The van der Waals surface area contributed by atoms with Crippen molar-refractivity contribution in [2.75, 3.05) is 19.5 Å². The van der Waals surface area contributed by atoms with Gasteiger partial charge in [-0.1, -0.05) is 30.0 Å². The zero-order valence-corrected chi connectivity index (χ0v) is 17.0. The molecule has 0 amide bonds. The minimum atomic E-state index is -0.453. The molecule has 1 unspecified atom stereocenters. The fourth-order valence-corrected chi connectivity index (χ4v) is 4.50. The lowest BCUT2D eigenvalue weighted by Gasteiger charge is -2.22. The standard InChI is InChI=1S/C22H22N2O4S/c1-27-21(26)15-10-11-18-19(13-15)23-22(29-14-17-9-5-6-12-28-17)24(20(18)25)16-7-3-2-4-8-16/h2-4,7-8,10-11,13,17H,5-6,9,12,14H2,1H3. The summed E-state index contributed by atoms with van der Waals surface area (Å²) < 4.78 is 12.3. The molecule has 150 valence electrons. The third-order valence-electron chi connectivity index (χ3n) is 4.95. The monoisotopic (exact) mass is 410 g/mol. The molecule has 0 N–H and O–H groups in total. The van der Waals surface area contributed by atoms with Crippen LogP contribution < -0.4 is 5.56 Å². The Morgan fingerprint density at radius 2 is 2.07 bits per heavy atom. The maximum atomic E-state index is 13.3. The Morgan fingerprint density at radius 3 is 2.79 bits per heavy atom. The fourth-order valence-electron chi connectivity index (χ4n) is 3.42. The summed E-state index contributed by atoms with van der Waals surface area (Å²) in [5.74, 6) is 0.271. The van der Waals surface area contributed by atoms with Crippen LogP contribution in [0.5, 0.6) is 0 Å². The number of ether oxygens (including phenoxy) is 2. The van der Waals surface area contributed by atoms with Gasteiger partial charge in [0.1, 0.15) is 0 Å². The quantitative estimate of drug-likeness (QED) is 0.362. The minimum Gasteiger partial charge on any atom is -0.465 e. The number of hydrogen-bond donors (Lipinski definition) is 0. The van der Waals surface area contributed by atoms with Crippen molar-refractivity contribution in [3.63, 3.8) is 0 Å². The summed E-state index contributed by atoms with van der Waals surface area (Å²) in [4.78, 5) is 29.9. The average molecular weight is 410 g/mol. The van der Waals surface area contributed by atoms with Gasteiger partial charge in [-0.05, 0) is 49.6 Å². The molecule has 2 heterocycles. The van der Waals surface area contributed by atoms with E-state index in [0.29, 0.717) is 21.6 Å². The summed E-state index contributed by atoms with van der Waals surface area (Å²) in [6, 6.07) is 14.3. The zero-order chi connectivity index (χ0) is 20.2. The van der Waals surface area contributed by atoms with Gasteiger partial charge in [0.05, 0.1) is 35.4 Å². The van der Waals surface area contributed by atoms with Crippen LogP contribution in [0.4, 0.5) is 0 Å². The van der Waals surface area contributed by atoms with E-state index in [4.69, 9.17) is 14.5 Å². The van der Waals surface area contributed by atoms with Crippen molar-refractivity contribution in [3.8, 4) is 5.69 Å². The maximum Gasteiger partial charge on any atom is 0.337 e. The number of nitrogens with zero attached hydrogens (tertiary/aromatic N) is 2. The molecule has 0 saturated carbocycles. The second kappa shape index (κ2) is 8.80. The normalized spacial score (nSPS) is 16.7. The van der Waals surface area contributed by atoms with Gasteiger partial charge in [-0.3, -0.25) is 9.36 Å². The highest BCUT2D eigenvalue weighted by atomic mass is 32.2. The first-order chi connectivity index (χ1) is 14.2. The molecule has 0 radical (unpaired) electrons. The number of carbonyl (C=O) groups is 1. The number of benzene rings is 2. The Labute approximate surface area is 172 Å². The van der Waals surface area contributed by atoms with Gasteiger partial charge in [0, 0.05) is 12.4 Å². The third-order valence-corrected chi connectivity index (χ3v) is 6.02. The highest BCUT2D eigenvalue weighted by molar-refractivity contribution is 7.99. The second-order valence-corrected chi connectivity index (χ2v) is 7.88. The van der Waals surface area contributed by atoms with E-state index in [1.165, 1.54) is 18.9 Å². The SMILES string of the molecule is COC(=O)c1ccc2c(=O)n(-c3ccccc3)c(SCC3CCCCO3)nc2c1. The molecule has 0 bridgehead atoms. The first-order valence-electron chi connectivity index (χ1n) is 9.62. The number of methoxy groups -OCH3 is 1. The van der Waals surface area contributed by atoms with E-state index in [-0.39, 0.29) is 11.7 Å². The molecule has 3 aromatic rings. The molecule has 0 spiro atoms. The van der Waals surface area contributed by atoms with Crippen LogP contribution in [-0.4, -0.2) is 41.1 Å². The van der Waals surface area contributed by atoms with Crippen LogP contribution in [0.2, 0.25) is 0 Å². The first-order valence-corrected chi connectivity index (χ1v) is 10.6. The summed E-state index contributed by atoms with van der Waals surface area (Å²) in [6.07, 6.45) is 3.43. The molecule has 1 aliphatic rings. The first kappa shape index (κ1) is 19.7. The number of para-hydroxylation sites is 1. The number of esters is 1. The smallest absolute Gasteiger partial charge is 0.337 e. The molecule has 2 aromatic carbocycles. The van der Waals surface area contributed by atoms with Crippen LogP contribution in [0.15, 0.2) is 58.5 Å². The number of thioether (sulfide) groups is 1. The zero-order valence-electron chi connectivity index (χ0n) is 16.2. The summed E-state index contributed by atoms with van der Waals surface area (Å²) in [6.45, 7) is 0.782. The molecule has 6 nitrogen and oxygen atoms in total. The van der Waals surface area contributed by atoms with Crippen LogP contribution in [0.1, 0.15) is 29.6 Å². The van der Waals surface area contributed by atoms with Crippen molar-refractivity contribution in [2.24, 2.45) is 0 Å². The van der Waals surface area contributed by atoms with Crippen molar-refractivity contribution in [2.45, 2.75) is 30.5 Å². The van der Waals surface area contributed by atoms with Crippen molar-refractivity contribution in [3.05, 3.63) is 64.4 Å². The van der Waals surface area contributed by atoms with E-state index in [2.05, 4.69) is 0 Å². The van der Waals surface area contributed by atoms with Crippen molar-refractivity contribution in [1.82, 2.24) is 9.55 Å². The number of fused-ring (bicyclic) bond motifs is 1. The van der Waals surface area contributed by atoms with Crippen LogP contribution in [0, 0.1) is 0 Å². The largest absolute Gasteiger partial charge is 0.465 e.